The van der Waals surface area contributed by atoms with Crippen LogP contribution in [0.2, 0.25) is 0 Å². The van der Waals surface area contributed by atoms with Crippen LogP contribution in [-0.4, -0.2) is 20.6 Å². The number of carbonyl (C=O) groups is 1. The van der Waals surface area contributed by atoms with E-state index >= 15 is 0 Å². The molecule has 4 aromatic rings. The Bertz CT molecular complexity index is 1060. The molecule has 1 N–H and O–H groups in total. The maximum Gasteiger partial charge on any atom is 0.316 e. The minimum absolute atomic E-state index is 0.0365. The second-order valence-electron chi connectivity index (χ2n) is 5.83. The summed E-state index contributed by atoms with van der Waals surface area (Å²) in [5, 5.41) is 6.41. The molecule has 0 radical (unpaired) electrons. The molecular weight excluding hydrogens is 347 g/mol. The summed E-state index contributed by atoms with van der Waals surface area (Å²) < 4.78 is 20.6. The quantitative estimate of drug-likeness (QED) is 0.589. The van der Waals surface area contributed by atoms with Gasteiger partial charge >= 0.3 is 11.8 Å². The van der Waals surface area contributed by atoms with E-state index in [1.54, 1.807) is 18.2 Å². The van der Waals surface area contributed by atoms with Crippen LogP contribution in [0.25, 0.3) is 17.1 Å². The van der Waals surface area contributed by atoms with Crippen molar-refractivity contribution in [2.75, 3.05) is 0 Å². The fraction of sp³-hybridized carbons (Fsp3) is 0.0500. The summed E-state index contributed by atoms with van der Waals surface area (Å²) in [5.41, 5.74) is 2.10. The molecular formula is C20H15FN4O2. The normalized spacial score (nSPS) is 10.7. The van der Waals surface area contributed by atoms with E-state index in [1.165, 1.54) is 6.07 Å². The number of hydrogen-bond donors (Lipinski definition) is 1. The van der Waals surface area contributed by atoms with Gasteiger partial charge < -0.3 is 14.4 Å². The van der Waals surface area contributed by atoms with E-state index in [9.17, 15) is 9.18 Å². The van der Waals surface area contributed by atoms with Crippen molar-refractivity contribution in [3.8, 4) is 17.1 Å². The van der Waals surface area contributed by atoms with Crippen molar-refractivity contribution in [2.45, 2.75) is 6.54 Å². The van der Waals surface area contributed by atoms with Gasteiger partial charge in [0.15, 0.2) is 0 Å². The molecule has 0 aliphatic rings. The number of halogens is 1. The van der Waals surface area contributed by atoms with Gasteiger partial charge in [0.05, 0.1) is 0 Å². The van der Waals surface area contributed by atoms with Gasteiger partial charge in [-0.05, 0) is 42.5 Å². The average Bonchev–Trinajstić information content (AvgIpc) is 3.39. The van der Waals surface area contributed by atoms with Gasteiger partial charge in [-0.1, -0.05) is 23.4 Å². The van der Waals surface area contributed by atoms with E-state index in [0.717, 1.165) is 11.3 Å². The molecule has 2 aromatic carbocycles. The SMILES string of the molecule is O=C(NCc1ccccc1F)c1nc(-c2ccc(-n3cccc3)cc2)no1. The van der Waals surface area contributed by atoms with E-state index in [0.29, 0.717) is 11.4 Å². The molecule has 2 aromatic heterocycles. The third kappa shape index (κ3) is 3.62. The number of nitrogens with one attached hydrogen (secondary N) is 1. The van der Waals surface area contributed by atoms with Crippen LogP contribution in [0.3, 0.4) is 0 Å². The van der Waals surface area contributed by atoms with E-state index in [2.05, 4.69) is 15.5 Å². The van der Waals surface area contributed by atoms with Crippen molar-refractivity contribution in [3.05, 3.63) is 90.3 Å². The second kappa shape index (κ2) is 7.25. The third-order valence-corrected chi connectivity index (χ3v) is 4.05. The highest BCUT2D eigenvalue weighted by molar-refractivity contribution is 5.89. The highest BCUT2D eigenvalue weighted by atomic mass is 19.1. The zero-order chi connectivity index (χ0) is 18.6. The van der Waals surface area contributed by atoms with Crippen LogP contribution in [0.4, 0.5) is 4.39 Å². The third-order valence-electron chi connectivity index (χ3n) is 4.05. The largest absolute Gasteiger partial charge is 0.344 e. The lowest BCUT2D eigenvalue weighted by Gasteiger charge is -2.03. The van der Waals surface area contributed by atoms with Crippen molar-refractivity contribution in [1.82, 2.24) is 20.0 Å². The van der Waals surface area contributed by atoms with Crippen molar-refractivity contribution in [1.29, 1.82) is 0 Å². The predicted octanol–water partition coefficient (Wildman–Crippen LogP) is 3.60. The van der Waals surface area contributed by atoms with Gasteiger partial charge in [-0.15, -0.1) is 0 Å². The number of amides is 1. The Morgan fingerprint density at radius 1 is 1.04 bits per heavy atom. The summed E-state index contributed by atoms with van der Waals surface area (Å²) >= 11 is 0. The predicted molar refractivity (Wildman–Crippen MR) is 96.6 cm³/mol. The smallest absolute Gasteiger partial charge is 0.316 e. The Labute approximate surface area is 154 Å². The van der Waals surface area contributed by atoms with Gasteiger partial charge in [0.25, 0.3) is 0 Å². The molecule has 0 aliphatic heterocycles. The first-order valence-corrected chi connectivity index (χ1v) is 8.30. The molecule has 134 valence electrons. The summed E-state index contributed by atoms with van der Waals surface area (Å²) in [6.07, 6.45) is 3.89. The zero-order valence-corrected chi connectivity index (χ0v) is 14.2. The van der Waals surface area contributed by atoms with E-state index < -0.39 is 5.91 Å². The van der Waals surface area contributed by atoms with Crippen LogP contribution in [0.5, 0.6) is 0 Å². The molecule has 0 bridgehead atoms. The maximum absolute atomic E-state index is 13.6. The first-order chi connectivity index (χ1) is 13.2. The summed E-state index contributed by atoms with van der Waals surface area (Å²) in [4.78, 5) is 16.3. The van der Waals surface area contributed by atoms with Crippen molar-refractivity contribution < 1.29 is 13.7 Å². The monoisotopic (exact) mass is 362 g/mol. The first kappa shape index (κ1) is 16.7. The van der Waals surface area contributed by atoms with Crippen LogP contribution in [0, 0.1) is 5.82 Å². The van der Waals surface area contributed by atoms with E-state index in [-0.39, 0.29) is 18.3 Å². The molecule has 2 heterocycles. The number of rotatable bonds is 5. The Kier molecular flexibility index (Phi) is 4.49. The molecule has 0 fully saturated rings. The van der Waals surface area contributed by atoms with Crippen molar-refractivity contribution in [3.63, 3.8) is 0 Å². The lowest BCUT2D eigenvalue weighted by atomic mass is 10.2. The first-order valence-electron chi connectivity index (χ1n) is 8.30. The summed E-state index contributed by atoms with van der Waals surface area (Å²) in [6, 6.07) is 17.7. The summed E-state index contributed by atoms with van der Waals surface area (Å²) in [5.74, 6) is -0.798. The molecule has 4 rings (SSSR count). The minimum Gasteiger partial charge on any atom is -0.344 e. The van der Waals surface area contributed by atoms with Crippen LogP contribution >= 0.6 is 0 Å². The Morgan fingerprint density at radius 3 is 2.52 bits per heavy atom. The number of benzene rings is 2. The van der Waals surface area contributed by atoms with E-state index in [1.807, 2.05) is 53.4 Å². The van der Waals surface area contributed by atoms with Crippen LogP contribution in [-0.2, 0) is 6.54 Å². The van der Waals surface area contributed by atoms with Gasteiger partial charge in [-0.3, -0.25) is 4.79 Å². The Hall–Kier alpha value is -3.74. The van der Waals surface area contributed by atoms with Crippen molar-refractivity contribution in [2.24, 2.45) is 0 Å². The van der Waals surface area contributed by atoms with Crippen LogP contribution < -0.4 is 5.32 Å². The maximum atomic E-state index is 13.6. The Balaban J connectivity index is 1.45. The van der Waals surface area contributed by atoms with Gasteiger partial charge in [0.1, 0.15) is 5.82 Å². The molecule has 7 heteroatoms. The van der Waals surface area contributed by atoms with Crippen LogP contribution in [0.15, 0.2) is 77.6 Å². The molecule has 27 heavy (non-hydrogen) atoms. The molecule has 0 spiro atoms. The molecule has 0 saturated heterocycles. The van der Waals surface area contributed by atoms with Gasteiger partial charge in [-0.2, -0.15) is 4.98 Å². The molecule has 0 saturated carbocycles. The number of nitrogens with zero attached hydrogens (tertiary/aromatic N) is 3. The fourth-order valence-corrected chi connectivity index (χ4v) is 2.62. The zero-order valence-electron chi connectivity index (χ0n) is 14.2. The summed E-state index contributed by atoms with van der Waals surface area (Å²) in [7, 11) is 0. The molecule has 1 amide bonds. The molecule has 0 aliphatic carbocycles. The number of aromatic nitrogens is 3. The molecule has 0 unspecified atom stereocenters. The van der Waals surface area contributed by atoms with Crippen molar-refractivity contribution >= 4 is 5.91 Å². The van der Waals surface area contributed by atoms with Gasteiger partial charge in [0.2, 0.25) is 5.82 Å². The summed E-state index contributed by atoms with van der Waals surface area (Å²) in [6.45, 7) is 0.0365. The standard InChI is InChI=1S/C20H15FN4O2/c21-17-6-2-1-5-15(17)13-22-19(26)20-23-18(24-27-20)14-7-9-16(10-8-14)25-11-3-4-12-25/h1-12H,13H2,(H,22,26). The minimum atomic E-state index is -0.555. The fourth-order valence-electron chi connectivity index (χ4n) is 2.62. The number of carbonyl (C=O) groups excluding carboxylic acids is 1. The van der Waals surface area contributed by atoms with Gasteiger partial charge in [0, 0.05) is 35.8 Å². The second-order valence-corrected chi connectivity index (χ2v) is 5.83. The van der Waals surface area contributed by atoms with E-state index in [4.69, 9.17) is 4.52 Å². The average molecular weight is 362 g/mol. The highest BCUT2D eigenvalue weighted by Crippen LogP contribution is 2.18. The van der Waals surface area contributed by atoms with Crippen LogP contribution in [0.1, 0.15) is 16.2 Å². The highest BCUT2D eigenvalue weighted by Gasteiger charge is 2.16. The topological polar surface area (TPSA) is 73.0 Å². The number of hydrogen-bond acceptors (Lipinski definition) is 4. The lowest BCUT2D eigenvalue weighted by Crippen LogP contribution is -2.23. The Morgan fingerprint density at radius 2 is 1.78 bits per heavy atom. The lowest BCUT2D eigenvalue weighted by molar-refractivity contribution is 0.0906. The molecule has 6 nitrogen and oxygen atoms in total. The van der Waals surface area contributed by atoms with Gasteiger partial charge in [-0.25, -0.2) is 4.39 Å². The molecule has 0 atom stereocenters.